The number of aryl methyl sites for hydroxylation is 1. The number of rotatable bonds is 3. The third-order valence-corrected chi connectivity index (χ3v) is 3.20. The van der Waals surface area contributed by atoms with E-state index in [0.29, 0.717) is 16.8 Å². The van der Waals surface area contributed by atoms with Gasteiger partial charge in [-0.05, 0) is 64.3 Å². The monoisotopic (exact) mass is 312 g/mol. The lowest BCUT2D eigenvalue weighted by atomic mass is 10.1. The Bertz CT molecular complexity index is 570. The van der Waals surface area contributed by atoms with Crippen molar-refractivity contribution in [2.24, 2.45) is 0 Å². The molecule has 18 heavy (non-hydrogen) atoms. The van der Waals surface area contributed by atoms with Gasteiger partial charge in [0.1, 0.15) is 24.0 Å². The molecule has 0 heterocycles. The van der Waals surface area contributed by atoms with E-state index in [-0.39, 0.29) is 11.6 Å². The Morgan fingerprint density at radius 1 is 1.11 bits per heavy atom. The smallest absolute Gasteiger partial charge is 0.137 e. The van der Waals surface area contributed by atoms with E-state index in [1.807, 2.05) is 6.92 Å². The molecule has 2 rings (SSSR count). The van der Waals surface area contributed by atoms with Gasteiger partial charge in [0.25, 0.3) is 0 Å². The standard InChI is InChI=1S/C14H11BrF2O/c1-9-6-11(16)3-2-10(9)8-18-12-4-5-14(17)13(15)7-12/h2-7H,8H2,1H3. The van der Waals surface area contributed by atoms with Gasteiger partial charge in [-0.3, -0.25) is 0 Å². The summed E-state index contributed by atoms with van der Waals surface area (Å²) in [7, 11) is 0. The SMILES string of the molecule is Cc1cc(F)ccc1COc1ccc(F)c(Br)c1. The average Bonchev–Trinajstić information content (AvgIpc) is 2.32. The van der Waals surface area contributed by atoms with Crippen LogP contribution < -0.4 is 4.74 Å². The molecule has 0 unspecified atom stereocenters. The van der Waals surface area contributed by atoms with Gasteiger partial charge in [0.15, 0.2) is 0 Å². The quantitative estimate of drug-likeness (QED) is 0.804. The van der Waals surface area contributed by atoms with Gasteiger partial charge in [0.2, 0.25) is 0 Å². The Morgan fingerprint density at radius 3 is 2.56 bits per heavy atom. The highest BCUT2D eigenvalue weighted by Crippen LogP contribution is 2.23. The lowest BCUT2D eigenvalue weighted by molar-refractivity contribution is 0.304. The first-order valence-corrected chi connectivity index (χ1v) is 6.18. The van der Waals surface area contributed by atoms with Gasteiger partial charge >= 0.3 is 0 Å². The van der Waals surface area contributed by atoms with Crippen LogP contribution in [0, 0.1) is 18.6 Å². The maximum atomic E-state index is 13.0. The van der Waals surface area contributed by atoms with Crippen molar-refractivity contribution in [3.63, 3.8) is 0 Å². The zero-order valence-corrected chi connectivity index (χ0v) is 11.3. The molecule has 0 spiro atoms. The Kier molecular flexibility index (Phi) is 3.97. The Balaban J connectivity index is 2.09. The van der Waals surface area contributed by atoms with Crippen LogP contribution in [0.2, 0.25) is 0 Å². The maximum Gasteiger partial charge on any atom is 0.137 e. The predicted molar refractivity (Wildman–Crippen MR) is 69.6 cm³/mol. The molecule has 2 aromatic rings. The van der Waals surface area contributed by atoms with Crippen LogP contribution in [0.3, 0.4) is 0 Å². The minimum Gasteiger partial charge on any atom is -0.489 e. The first kappa shape index (κ1) is 13.0. The molecule has 0 N–H and O–H groups in total. The second-order valence-electron chi connectivity index (χ2n) is 3.94. The molecule has 0 aromatic heterocycles. The van der Waals surface area contributed by atoms with Crippen molar-refractivity contribution >= 4 is 15.9 Å². The number of benzene rings is 2. The molecule has 0 atom stereocenters. The van der Waals surface area contributed by atoms with Crippen molar-refractivity contribution in [3.8, 4) is 5.75 Å². The molecule has 1 nitrogen and oxygen atoms in total. The minimum atomic E-state index is -0.333. The maximum absolute atomic E-state index is 13.0. The van der Waals surface area contributed by atoms with E-state index in [1.165, 1.54) is 18.2 Å². The highest BCUT2D eigenvalue weighted by atomic mass is 79.9. The lowest BCUT2D eigenvalue weighted by Crippen LogP contribution is -1.98. The summed E-state index contributed by atoms with van der Waals surface area (Å²) in [6.45, 7) is 2.15. The van der Waals surface area contributed by atoms with Crippen molar-refractivity contribution in [2.45, 2.75) is 13.5 Å². The third kappa shape index (κ3) is 3.07. The largest absolute Gasteiger partial charge is 0.489 e. The van der Waals surface area contributed by atoms with Gasteiger partial charge in [-0.2, -0.15) is 0 Å². The van der Waals surface area contributed by atoms with Crippen LogP contribution in [-0.4, -0.2) is 0 Å². The van der Waals surface area contributed by atoms with Crippen LogP contribution in [0.15, 0.2) is 40.9 Å². The van der Waals surface area contributed by atoms with Crippen molar-refractivity contribution in [1.29, 1.82) is 0 Å². The molecule has 0 amide bonds. The van der Waals surface area contributed by atoms with E-state index in [9.17, 15) is 8.78 Å². The number of ether oxygens (including phenoxy) is 1. The molecule has 0 fully saturated rings. The Morgan fingerprint density at radius 2 is 1.89 bits per heavy atom. The van der Waals surface area contributed by atoms with Crippen LogP contribution in [-0.2, 0) is 6.61 Å². The number of halogens is 3. The molecule has 0 aliphatic carbocycles. The molecule has 2 aromatic carbocycles. The Labute approximate surface area is 113 Å². The molecule has 0 saturated carbocycles. The molecular weight excluding hydrogens is 302 g/mol. The molecule has 0 saturated heterocycles. The van der Waals surface area contributed by atoms with Gasteiger partial charge in [-0.25, -0.2) is 8.78 Å². The van der Waals surface area contributed by atoms with Crippen molar-refractivity contribution in [1.82, 2.24) is 0 Å². The van der Waals surface area contributed by atoms with E-state index in [4.69, 9.17) is 4.74 Å². The summed E-state index contributed by atoms with van der Waals surface area (Å²) in [5.74, 6) is -0.0342. The zero-order chi connectivity index (χ0) is 13.1. The van der Waals surface area contributed by atoms with E-state index in [2.05, 4.69) is 15.9 Å². The molecule has 94 valence electrons. The van der Waals surface area contributed by atoms with Gasteiger partial charge in [0, 0.05) is 0 Å². The highest BCUT2D eigenvalue weighted by molar-refractivity contribution is 9.10. The van der Waals surface area contributed by atoms with Crippen LogP contribution in [0.5, 0.6) is 5.75 Å². The minimum absolute atomic E-state index is 0.263. The second kappa shape index (κ2) is 5.48. The number of hydrogen-bond donors (Lipinski definition) is 0. The average molecular weight is 313 g/mol. The fraction of sp³-hybridized carbons (Fsp3) is 0.143. The normalized spacial score (nSPS) is 10.4. The summed E-state index contributed by atoms with van der Waals surface area (Å²) in [4.78, 5) is 0. The molecule has 0 aliphatic rings. The van der Waals surface area contributed by atoms with E-state index in [0.717, 1.165) is 11.1 Å². The van der Waals surface area contributed by atoms with Crippen LogP contribution in [0.25, 0.3) is 0 Å². The van der Waals surface area contributed by atoms with E-state index < -0.39 is 0 Å². The lowest BCUT2D eigenvalue weighted by Gasteiger charge is -2.09. The summed E-state index contributed by atoms with van der Waals surface area (Å²) >= 11 is 3.09. The van der Waals surface area contributed by atoms with Crippen LogP contribution in [0.4, 0.5) is 8.78 Å². The summed E-state index contributed by atoms with van der Waals surface area (Å²) in [6.07, 6.45) is 0. The fourth-order valence-corrected chi connectivity index (χ4v) is 1.91. The summed E-state index contributed by atoms with van der Waals surface area (Å²) in [5, 5.41) is 0. The van der Waals surface area contributed by atoms with E-state index >= 15 is 0 Å². The van der Waals surface area contributed by atoms with Crippen molar-refractivity contribution in [3.05, 3.63) is 63.6 Å². The van der Waals surface area contributed by atoms with Gasteiger partial charge in [0.05, 0.1) is 4.47 Å². The third-order valence-electron chi connectivity index (χ3n) is 2.59. The summed E-state index contributed by atoms with van der Waals surface area (Å²) in [5.41, 5.74) is 1.73. The summed E-state index contributed by atoms with van der Waals surface area (Å²) in [6, 6.07) is 8.98. The fourth-order valence-electron chi connectivity index (χ4n) is 1.55. The molecule has 0 aliphatic heterocycles. The van der Waals surface area contributed by atoms with Crippen LogP contribution in [0.1, 0.15) is 11.1 Å². The van der Waals surface area contributed by atoms with Crippen molar-refractivity contribution < 1.29 is 13.5 Å². The summed E-state index contributed by atoms with van der Waals surface area (Å²) < 4.78 is 31.8. The highest BCUT2D eigenvalue weighted by Gasteiger charge is 2.04. The first-order valence-electron chi connectivity index (χ1n) is 5.39. The molecule has 0 radical (unpaired) electrons. The van der Waals surface area contributed by atoms with Crippen LogP contribution >= 0.6 is 15.9 Å². The first-order chi connectivity index (χ1) is 8.56. The number of hydrogen-bond acceptors (Lipinski definition) is 1. The molecule has 4 heteroatoms. The van der Waals surface area contributed by atoms with E-state index in [1.54, 1.807) is 18.2 Å². The van der Waals surface area contributed by atoms with Gasteiger partial charge < -0.3 is 4.74 Å². The van der Waals surface area contributed by atoms with Gasteiger partial charge in [-0.1, -0.05) is 6.07 Å². The topological polar surface area (TPSA) is 9.23 Å². The second-order valence-corrected chi connectivity index (χ2v) is 4.79. The zero-order valence-electron chi connectivity index (χ0n) is 9.71. The molecular formula is C14H11BrF2O. The Hall–Kier alpha value is -1.42. The predicted octanol–water partition coefficient (Wildman–Crippen LogP) is 4.61. The van der Waals surface area contributed by atoms with Crippen molar-refractivity contribution in [2.75, 3.05) is 0 Å². The molecule has 0 bridgehead atoms. The van der Waals surface area contributed by atoms with Gasteiger partial charge in [-0.15, -0.1) is 0 Å².